The zero-order valence-corrected chi connectivity index (χ0v) is 8.42. The predicted octanol–water partition coefficient (Wildman–Crippen LogP) is 0.409. The molecule has 0 saturated heterocycles. The molecule has 1 aromatic rings. The number of halogens is 1. The van der Waals surface area contributed by atoms with Gasteiger partial charge in [0.1, 0.15) is 11.6 Å². The molecule has 4 nitrogen and oxygen atoms in total. The Bertz CT molecular complexity index is 355. The third-order valence-electron chi connectivity index (χ3n) is 1.90. The van der Waals surface area contributed by atoms with Crippen LogP contribution in [-0.4, -0.2) is 19.6 Å². The molecule has 0 aliphatic rings. The van der Waals surface area contributed by atoms with Crippen LogP contribution in [0.4, 0.5) is 4.39 Å². The number of hydrogen-bond donors (Lipinski definition) is 2. The molecule has 0 aliphatic heterocycles. The second kappa shape index (κ2) is 5.31. The first-order valence-corrected chi connectivity index (χ1v) is 4.46. The fourth-order valence-electron chi connectivity index (χ4n) is 1.15. The monoisotopic (exact) mass is 212 g/mol. The summed E-state index contributed by atoms with van der Waals surface area (Å²) < 4.78 is 17.9. The van der Waals surface area contributed by atoms with Crippen molar-refractivity contribution in [2.45, 2.75) is 6.54 Å². The lowest BCUT2D eigenvalue weighted by atomic mass is 10.2. The summed E-state index contributed by atoms with van der Waals surface area (Å²) in [5, 5.41) is 2.54. The zero-order valence-electron chi connectivity index (χ0n) is 8.42. The van der Waals surface area contributed by atoms with Crippen LogP contribution in [0.15, 0.2) is 18.2 Å². The van der Waals surface area contributed by atoms with Crippen LogP contribution in [0, 0.1) is 5.82 Å². The van der Waals surface area contributed by atoms with Crippen LogP contribution in [0.2, 0.25) is 0 Å². The molecule has 0 spiro atoms. The Morgan fingerprint density at radius 1 is 1.60 bits per heavy atom. The first kappa shape index (κ1) is 11.5. The van der Waals surface area contributed by atoms with Crippen molar-refractivity contribution < 1.29 is 13.9 Å². The first-order valence-electron chi connectivity index (χ1n) is 4.46. The van der Waals surface area contributed by atoms with Gasteiger partial charge >= 0.3 is 0 Å². The van der Waals surface area contributed by atoms with Gasteiger partial charge in [0.15, 0.2) is 0 Å². The molecule has 0 aliphatic carbocycles. The highest BCUT2D eigenvalue weighted by atomic mass is 19.1. The molecular weight excluding hydrogens is 199 g/mol. The molecule has 0 radical (unpaired) electrons. The molecule has 0 unspecified atom stereocenters. The molecule has 5 heteroatoms. The van der Waals surface area contributed by atoms with E-state index in [-0.39, 0.29) is 24.8 Å². The van der Waals surface area contributed by atoms with E-state index in [2.05, 4.69) is 5.32 Å². The highest BCUT2D eigenvalue weighted by molar-refractivity contribution is 5.77. The summed E-state index contributed by atoms with van der Waals surface area (Å²) in [5.41, 5.74) is 5.70. The Labute approximate surface area is 87.2 Å². The third-order valence-corrected chi connectivity index (χ3v) is 1.90. The van der Waals surface area contributed by atoms with Gasteiger partial charge < -0.3 is 15.8 Å². The molecule has 0 aromatic heterocycles. The topological polar surface area (TPSA) is 64.3 Å². The SMILES string of the molecule is COc1ccc(F)cc1CNC(=O)CN. The van der Waals surface area contributed by atoms with Gasteiger partial charge in [0, 0.05) is 12.1 Å². The Kier molecular flexibility index (Phi) is 4.05. The normalized spacial score (nSPS) is 9.80. The van der Waals surface area contributed by atoms with Crippen LogP contribution < -0.4 is 15.8 Å². The number of rotatable bonds is 4. The van der Waals surface area contributed by atoms with Gasteiger partial charge in [-0.25, -0.2) is 4.39 Å². The van der Waals surface area contributed by atoms with E-state index in [0.29, 0.717) is 11.3 Å². The van der Waals surface area contributed by atoms with E-state index >= 15 is 0 Å². The predicted molar refractivity (Wildman–Crippen MR) is 53.9 cm³/mol. The maximum atomic E-state index is 12.9. The lowest BCUT2D eigenvalue weighted by molar-refractivity contribution is -0.119. The molecule has 1 aromatic carbocycles. The van der Waals surface area contributed by atoms with Gasteiger partial charge in [-0.3, -0.25) is 4.79 Å². The first-order chi connectivity index (χ1) is 7.17. The van der Waals surface area contributed by atoms with Crippen LogP contribution in [0.5, 0.6) is 5.75 Å². The van der Waals surface area contributed by atoms with Crippen molar-refractivity contribution in [3.05, 3.63) is 29.6 Å². The molecule has 15 heavy (non-hydrogen) atoms. The third kappa shape index (κ3) is 3.21. The second-order valence-corrected chi connectivity index (χ2v) is 2.94. The van der Waals surface area contributed by atoms with E-state index in [1.54, 1.807) is 0 Å². The summed E-state index contributed by atoms with van der Waals surface area (Å²) in [7, 11) is 1.49. The Balaban J connectivity index is 2.74. The van der Waals surface area contributed by atoms with Crippen molar-refractivity contribution in [2.24, 2.45) is 5.73 Å². The van der Waals surface area contributed by atoms with Gasteiger partial charge in [-0.1, -0.05) is 0 Å². The number of nitrogens with two attached hydrogens (primary N) is 1. The van der Waals surface area contributed by atoms with Crippen molar-refractivity contribution in [3.8, 4) is 5.75 Å². The molecule has 82 valence electrons. The van der Waals surface area contributed by atoms with Crippen molar-refractivity contribution in [3.63, 3.8) is 0 Å². The molecular formula is C10H13FN2O2. The lowest BCUT2D eigenvalue weighted by Crippen LogP contribution is -2.29. The summed E-state index contributed by atoms with van der Waals surface area (Å²) in [4.78, 5) is 10.9. The molecule has 1 rings (SSSR count). The van der Waals surface area contributed by atoms with Crippen molar-refractivity contribution in [1.82, 2.24) is 5.32 Å². The van der Waals surface area contributed by atoms with Crippen molar-refractivity contribution >= 4 is 5.91 Å². The van der Waals surface area contributed by atoms with E-state index in [9.17, 15) is 9.18 Å². The van der Waals surface area contributed by atoms with Gasteiger partial charge in [-0.2, -0.15) is 0 Å². The van der Waals surface area contributed by atoms with Crippen LogP contribution in [0.3, 0.4) is 0 Å². The largest absolute Gasteiger partial charge is 0.496 e. The number of nitrogens with one attached hydrogen (secondary N) is 1. The number of methoxy groups -OCH3 is 1. The minimum atomic E-state index is -0.368. The van der Waals surface area contributed by atoms with E-state index in [1.807, 2.05) is 0 Å². The van der Waals surface area contributed by atoms with E-state index in [0.717, 1.165) is 0 Å². The van der Waals surface area contributed by atoms with Gasteiger partial charge in [0.05, 0.1) is 13.7 Å². The Morgan fingerprint density at radius 3 is 2.93 bits per heavy atom. The minimum Gasteiger partial charge on any atom is -0.496 e. The van der Waals surface area contributed by atoms with Gasteiger partial charge in [-0.05, 0) is 18.2 Å². The highest BCUT2D eigenvalue weighted by Gasteiger charge is 2.05. The number of carbonyl (C=O) groups excluding carboxylic acids is 1. The quantitative estimate of drug-likeness (QED) is 0.759. The van der Waals surface area contributed by atoms with Crippen LogP contribution >= 0.6 is 0 Å². The standard InChI is InChI=1S/C10H13FN2O2/c1-15-9-3-2-8(11)4-7(9)6-13-10(14)5-12/h2-4H,5-6,12H2,1H3,(H,13,14). The fraction of sp³-hybridized carbons (Fsp3) is 0.300. The molecule has 0 bridgehead atoms. The number of ether oxygens (including phenoxy) is 1. The highest BCUT2D eigenvalue weighted by Crippen LogP contribution is 2.18. The molecule has 0 heterocycles. The van der Waals surface area contributed by atoms with Crippen LogP contribution in [0.1, 0.15) is 5.56 Å². The Morgan fingerprint density at radius 2 is 2.33 bits per heavy atom. The number of amides is 1. The smallest absolute Gasteiger partial charge is 0.234 e. The average Bonchev–Trinajstić information content (AvgIpc) is 2.26. The summed E-state index contributed by atoms with van der Waals surface area (Å²) in [6, 6.07) is 4.13. The van der Waals surface area contributed by atoms with E-state index < -0.39 is 0 Å². The summed E-state index contributed by atoms with van der Waals surface area (Å²) in [5.74, 6) is -0.122. The number of carbonyl (C=O) groups is 1. The zero-order chi connectivity index (χ0) is 11.3. The average molecular weight is 212 g/mol. The van der Waals surface area contributed by atoms with Crippen LogP contribution in [0.25, 0.3) is 0 Å². The second-order valence-electron chi connectivity index (χ2n) is 2.94. The summed E-state index contributed by atoms with van der Waals surface area (Å²) in [6.45, 7) is 0.120. The van der Waals surface area contributed by atoms with Crippen molar-refractivity contribution in [1.29, 1.82) is 0 Å². The summed E-state index contributed by atoms with van der Waals surface area (Å²) in [6.07, 6.45) is 0. The molecule has 0 fully saturated rings. The van der Waals surface area contributed by atoms with Crippen molar-refractivity contribution in [2.75, 3.05) is 13.7 Å². The molecule has 3 N–H and O–H groups in total. The maximum Gasteiger partial charge on any atom is 0.234 e. The molecule has 1 amide bonds. The fourth-order valence-corrected chi connectivity index (χ4v) is 1.15. The van der Waals surface area contributed by atoms with Crippen LogP contribution in [-0.2, 0) is 11.3 Å². The molecule has 0 atom stereocenters. The van der Waals surface area contributed by atoms with Gasteiger partial charge in [-0.15, -0.1) is 0 Å². The van der Waals surface area contributed by atoms with E-state index in [1.165, 1.54) is 25.3 Å². The van der Waals surface area contributed by atoms with Gasteiger partial charge in [0.25, 0.3) is 0 Å². The lowest BCUT2D eigenvalue weighted by Gasteiger charge is -2.09. The Hall–Kier alpha value is -1.62. The molecule has 0 saturated carbocycles. The maximum absolute atomic E-state index is 12.9. The van der Waals surface area contributed by atoms with Gasteiger partial charge in [0.2, 0.25) is 5.91 Å². The number of hydrogen-bond acceptors (Lipinski definition) is 3. The summed E-state index contributed by atoms with van der Waals surface area (Å²) >= 11 is 0. The minimum absolute atomic E-state index is 0.0857. The van der Waals surface area contributed by atoms with E-state index in [4.69, 9.17) is 10.5 Å². The number of benzene rings is 1.